The highest BCUT2D eigenvalue weighted by molar-refractivity contribution is 7.87. The van der Waals surface area contributed by atoms with Crippen molar-refractivity contribution in [3.05, 3.63) is 0 Å². The number of rotatable bonds is 5. The maximum absolute atomic E-state index is 11.7. The molecule has 0 saturated heterocycles. The second kappa shape index (κ2) is 4.94. The van der Waals surface area contributed by atoms with Gasteiger partial charge in [0.15, 0.2) is 0 Å². The van der Waals surface area contributed by atoms with Crippen molar-refractivity contribution in [3.63, 3.8) is 0 Å². The van der Waals surface area contributed by atoms with Gasteiger partial charge in [0.2, 0.25) is 0 Å². The first kappa shape index (κ1) is 13.7. The maximum atomic E-state index is 11.7. The van der Waals surface area contributed by atoms with Gasteiger partial charge in [-0.15, -0.1) is 0 Å². The predicted molar refractivity (Wildman–Crippen MR) is 42.0 cm³/mol. The van der Waals surface area contributed by atoms with Gasteiger partial charge in [0, 0.05) is 0 Å². The Morgan fingerprint density at radius 3 is 2.07 bits per heavy atom. The van der Waals surface area contributed by atoms with Gasteiger partial charge >= 0.3 is 15.6 Å². The maximum Gasteiger partial charge on any atom is 0.523 e. The number of hydrogen-bond donors (Lipinski definition) is 0. The smallest absolute Gasteiger partial charge is 0.376 e. The van der Waals surface area contributed by atoms with E-state index in [-0.39, 0.29) is 12.7 Å². The lowest BCUT2D eigenvalue weighted by atomic mass is 10.5. The summed E-state index contributed by atoms with van der Waals surface area (Å²) in [6.07, 6.45) is -0.188. The first-order valence-corrected chi connectivity index (χ1v) is 5.15. The first-order valence-electron chi connectivity index (χ1n) is 3.74. The number of halogens is 3. The molecule has 0 aliphatic rings. The van der Waals surface area contributed by atoms with E-state index < -0.39 is 22.2 Å². The van der Waals surface area contributed by atoms with E-state index in [1.807, 2.05) is 0 Å². The zero-order valence-corrected chi connectivity index (χ0v) is 8.48. The molecule has 0 fully saturated rings. The molecule has 8 heteroatoms. The molecule has 0 N–H and O–H groups in total. The second-order valence-electron chi connectivity index (χ2n) is 2.64. The molecule has 4 nitrogen and oxygen atoms in total. The summed E-state index contributed by atoms with van der Waals surface area (Å²) in [5.41, 5.74) is -5.37. The molecule has 0 rings (SSSR count). The normalized spacial score (nSPS) is 13.6. The second-order valence-corrected chi connectivity index (χ2v) is 4.25. The summed E-state index contributed by atoms with van der Waals surface area (Å²) in [6.45, 7) is 2.49. The standard InChI is InChI=1S/C6H11F3O4S/c1-5(2)12-3-4-13-14(10,11)6(7,8)9/h5H,3-4H2,1-2H3. The van der Waals surface area contributed by atoms with Gasteiger partial charge in [-0.2, -0.15) is 21.6 Å². The molecule has 0 aromatic carbocycles. The third-order valence-corrected chi connectivity index (χ3v) is 2.10. The lowest BCUT2D eigenvalue weighted by Gasteiger charge is -2.09. The molecule has 86 valence electrons. The average molecular weight is 236 g/mol. The molecule has 0 atom stereocenters. The fraction of sp³-hybridized carbons (Fsp3) is 1.00. The average Bonchev–Trinajstić information content (AvgIpc) is 1.95. The summed E-state index contributed by atoms with van der Waals surface area (Å²) in [4.78, 5) is 0. The topological polar surface area (TPSA) is 52.6 Å². The molecule has 0 amide bonds. The third-order valence-electron chi connectivity index (χ3n) is 1.06. The Morgan fingerprint density at radius 2 is 1.71 bits per heavy atom. The van der Waals surface area contributed by atoms with Gasteiger partial charge in [0.25, 0.3) is 0 Å². The van der Waals surface area contributed by atoms with Crippen molar-refractivity contribution in [3.8, 4) is 0 Å². The highest BCUT2D eigenvalue weighted by Gasteiger charge is 2.47. The minimum atomic E-state index is -5.48. The van der Waals surface area contributed by atoms with Gasteiger partial charge in [-0.05, 0) is 13.8 Å². The Bertz CT molecular complexity index is 257. The van der Waals surface area contributed by atoms with E-state index in [1.165, 1.54) is 0 Å². The van der Waals surface area contributed by atoms with Crippen LogP contribution in [0.25, 0.3) is 0 Å². The zero-order valence-electron chi connectivity index (χ0n) is 7.67. The fourth-order valence-corrected chi connectivity index (χ4v) is 0.915. The van der Waals surface area contributed by atoms with Crippen LogP contribution in [0, 0.1) is 0 Å². The van der Waals surface area contributed by atoms with Crippen LogP contribution < -0.4 is 0 Å². The van der Waals surface area contributed by atoms with Crippen molar-refractivity contribution in [2.75, 3.05) is 13.2 Å². The summed E-state index contributed by atoms with van der Waals surface area (Å²) < 4.78 is 64.0. The molecule has 14 heavy (non-hydrogen) atoms. The summed E-state index contributed by atoms with van der Waals surface area (Å²) >= 11 is 0. The summed E-state index contributed by atoms with van der Waals surface area (Å²) in [5.74, 6) is 0. The Labute approximate surface area is 80.1 Å². The van der Waals surface area contributed by atoms with Gasteiger partial charge in [-0.1, -0.05) is 0 Å². The van der Waals surface area contributed by atoms with Gasteiger partial charge in [-0.3, -0.25) is 4.18 Å². The SMILES string of the molecule is CC(C)OCCOS(=O)(=O)C(F)(F)F. The van der Waals surface area contributed by atoms with Gasteiger partial charge in [-0.25, -0.2) is 0 Å². The Balaban J connectivity index is 3.91. The third kappa shape index (κ3) is 4.77. The van der Waals surface area contributed by atoms with Crippen LogP contribution in [-0.2, 0) is 19.0 Å². The van der Waals surface area contributed by atoms with E-state index in [4.69, 9.17) is 4.74 Å². The molecule has 0 heterocycles. The van der Waals surface area contributed by atoms with Crippen LogP contribution in [-0.4, -0.2) is 33.2 Å². The van der Waals surface area contributed by atoms with Crippen LogP contribution in [0.5, 0.6) is 0 Å². The first-order chi connectivity index (χ1) is 6.17. The summed E-state index contributed by atoms with van der Waals surface area (Å²) in [6, 6.07) is 0. The Hall–Kier alpha value is -0.340. The van der Waals surface area contributed by atoms with Crippen LogP contribution in [0.2, 0.25) is 0 Å². The van der Waals surface area contributed by atoms with Crippen molar-refractivity contribution in [2.24, 2.45) is 0 Å². The van der Waals surface area contributed by atoms with E-state index >= 15 is 0 Å². The van der Waals surface area contributed by atoms with Crippen LogP contribution in [0.3, 0.4) is 0 Å². The quantitative estimate of drug-likeness (QED) is 0.410. The van der Waals surface area contributed by atoms with Crippen molar-refractivity contribution < 1.29 is 30.5 Å². The molecule has 0 unspecified atom stereocenters. The zero-order chi connectivity index (χ0) is 11.4. The van der Waals surface area contributed by atoms with Crippen LogP contribution in [0.15, 0.2) is 0 Å². The Morgan fingerprint density at radius 1 is 1.21 bits per heavy atom. The summed E-state index contributed by atoms with van der Waals surface area (Å²) in [5, 5.41) is 0. The molecule has 0 saturated carbocycles. The van der Waals surface area contributed by atoms with Crippen molar-refractivity contribution in [2.45, 2.75) is 25.5 Å². The number of alkyl halides is 3. The van der Waals surface area contributed by atoms with E-state index in [1.54, 1.807) is 13.8 Å². The lowest BCUT2D eigenvalue weighted by Crippen LogP contribution is -2.27. The molecule has 0 radical (unpaired) electrons. The fourth-order valence-electron chi connectivity index (χ4n) is 0.494. The lowest BCUT2D eigenvalue weighted by molar-refractivity contribution is -0.0561. The molecule has 0 spiro atoms. The van der Waals surface area contributed by atoms with Gasteiger partial charge in [0.1, 0.15) is 0 Å². The monoisotopic (exact) mass is 236 g/mol. The van der Waals surface area contributed by atoms with E-state index in [9.17, 15) is 21.6 Å². The highest BCUT2D eigenvalue weighted by Crippen LogP contribution is 2.24. The van der Waals surface area contributed by atoms with E-state index in [0.717, 1.165) is 0 Å². The van der Waals surface area contributed by atoms with Gasteiger partial charge in [0.05, 0.1) is 19.3 Å². The molecule has 0 bridgehead atoms. The molecule has 0 aliphatic heterocycles. The van der Waals surface area contributed by atoms with Crippen molar-refractivity contribution >= 4 is 10.1 Å². The molecular weight excluding hydrogens is 225 g/mol. The van der Waals surface area contributed by atoms with E-state index in [2.05, 4.69) is 4.18 Å². The Kier molecular flexibility index (Phi) is 4.82. The highest BCUT2D eigenvalue weighted by atomic mass is 32.2. The van der Waals surface area contributed by atoms with E-state index in [0.29, 0.717) is 0 Å². The van der Waals surface area contributed by atoms with Gasteiger partial charge < -0.3 is 4.74 Å². The molecule has 0 aliphatic carbocycles. The van der Waals surface area contributed by atoms with Crippen LogP contribution >= 0.6 is 0 Å². The molecule has 0 aromatic rings. The summed E-state index contributed by atoms with van der Waals surface area (Å²) in [7, 11) is -5.48. The van der Waals surface area contributed by atoms with Crippen LogP contribution in [0.1, 0.15) is 13.8 Å². The minimum absolute atomic E-state index is 0.188. The largest absolute Gasteiger partial charge is 0.523 e. The van der Waals surface area contributed by atoms with Crippen molar-refractivity contribution in [1.82, 2.24) is 0 Å². The predicted octanol–water partition coefficient (Wildman–Crippen LogP) is 1.28. The minimum Gasteiger partial charge on any atom is -0.376 e. The molecule has 0 aromatic heterocycles. The van der Waals surface area contributed by atoms with Crippen molar-refractivity contribution in [1.29, 1.82) is 0 Å². The van der Waals surface area contributed by atoms with Crippen LogP contribution in [0.4, 0.5) is 13.2 Å². The molecular formula is C6H11F3O4S. The number of ether oxygens (including phenoxy) is 1. The number of hydrogen-bond acceptors (Lipinski definition) is 4.